The van der Waals surface area contributed by atoms with Crippen LogP contribution in [-0.4, -0.2) is 18.4 Å². The minimum Gasteiger partial charge on any atom is -0.399 e. The lowest BCUT2D eigenvalue weighted by molar-refractivity contribution is 0.601. The van der Waals surface area contributed by atoms with Crippen LogP contribution in [0.4, 0.5) is 11.5 Å². The first-order chi connectivity index (χ1) is 8.87. The predicted molar refractivity (Wildman–Crippen MR) is 76.1 cm³/mol. The Kier molecular flexibility index (Phi) is 3.72. The molecule has 0 aliphatic heterocycles. The van der Waals surface area contributed by atoms with Crippen molar-refractivity contribution in [3.05, 3.63) is 40.8 Å². The van der Waals surface area contributed by atoms with Gasteiger partial charge in [0.2, 0.25) is 0 Å². The summed E-state index contributed by atoms with van der Waals surface area (Å²) in [4.78, 5) is 7.89. The van der Waals surface area contributed by atoms with E-state index >= 15 is 0 Å². The molecule has 0 fully saturated rings. The second-order valence-corrected chi connectivity index (χ2v) is 6.40. The van der Waals surface area contributed by atoms with Crippen LogP contribution in [0.15, 0.2) is 40.1 Å². The number of halogens is 1. The van der Waals surface area contributed by atoms with Gasteiger partial charge in [-0.3, -0.25) is 4.72 Å². The van der Waals surface area contributed by atoms with Crippen molar-refractivity contribution >= 4 is 37.5 Å². The third-order valence-corrected chi connectivity index (χ3v) is 3.99. The minimum absolute atomic E-state index is 0.0923. The molecular formula is C11H11BrN4O2S. The van der Waals surface area contributed by atoms with E-state index in [-0.39, 0.29) is 10.7 Å². The van der Waals surface area contributed by atoms with Gasteiger partial charge < -0.3 is 5.73 Å². The fraction of sp³-hybridized carbons (Fsp3) is 0.0909. The number of sulfonamides is 1. The van der Waals surface area contributed by atoms with Gasteiger partial charge in [0.25, 0.3) is 10.0 Å². The molecule has 1 heterocycles. The highest BCUT2D eigenvalue weighted by molar-refractivity contribution is 9.10. The molecule has 0 aliphatic carbocycles. The molecule has 0 atom stereocenters. The molecule has 6 nitrogen and oxygen atoms in total. The number of nitrogens with two attached hydrogens (primary N) is 1. The largest absolute Gasteiger partial charge is 0.399 e. The zero-order valence-corrected chi connectivity index (χ0v) is 12.4. The van der Waals surface area contributed by atoms with Crippen molar-refractivity contribution in [1.82, 2.24) is 9.97 Å². The van der Waals surface area contributed by atoms with E-state index in [0.29, 0.717) is 10.3 Å². The van der Waals surface area contributed by atoms with Crippen LogP contribution >= 0.6 is 15.9 Å². The van der Waals surface area contributed by atoms with Crippen molar-refractivity contribution in [2.45, 2.75) is 11.8 Å². The van der Waals surface area contributed by atoms with Crippen molar-refractivity contribution in [2.75, 3.05) is 10.5 Å². The molecule has 2 rings (SSSR count). The summed E-state index contributed by atoms with van der Waals surface area (Å²) in [5.41, 5.74) is 6.80. The highest BCUT2D eigenvalue weighted by Crippen LogP contribution is 2.19. The molecule has 3 N–H and O–H groups in total. The quantitative estimate of drug-likeness (QED) is 0.830. The molecule has 0 saturated heterocycles. The normalized spacial score (nSPS) is 11.3. The number of nitrogen functional groups attached to an aromatic ring is 1. The Bertz CT molecular complexity index is 681. The molecule has 0 radical (unpaired) electrons. The lowest BCUT2D eigenvalue weighted by Crippen LogP contribution is -2.14. The first-order valence-electron chi connectivity index (χ1n) is 5.24. The fourth-order valence-electron chi connectivity index (χ4n) is 1.49. The summed E-state index contributed by atoms with van der Waals surface area (Å²) < 4.78 is 27.2. The fourth-order valence-corrected chi connectivity index (χ4v) is 2.83. The van der Waals surface area contributed by atoms with E-state index < -0.39 is 10.0 Å². The second kappa shape index (κ2) is 5.14. The maximum absolute atomic E-state index is 12.1. The zero-order chi connectivity index (χ0) is 14.0. The van der Waals surface area contributed by atoms with E-state index in [9.17, 15) is 8.42 Å². The number of nitrogens with zero attached hydrogens (tertiary/aromatic N) is 2. The van der Waals surface area contributed by atoms with Gasteiger partial charge in [0.1, 0.15) is 4.60 Å². The average Bonchev–Trinajstić information content (AvgIpc) is 2.31. The Morgan fingerprint density at radius 2 is 1.95 bits per heavy atom. The molecule has 0 amide bonds. The molecule has 0 bridgehead atoms. The van der Waals surface area contributed by atoms with Crippen LogP contribution in [-0.2, 0) is 10.0 Å². The lowest BCUT2D eigenvalue weighted by atomic mass is 10.2. The Morgan fingerprint density at radius 3 is 2.53 bits per heavy atom. The van der Waals surface area contributed by atoms with E-state index in [1.165, 1.54) is 24.5 Å². The molecule has 0 unspecified atom stereocenters. The van der Waals surface area contributed by atoms with Gasteiger partial charge in [0.15, 0.2) is 5.82 Å². The molecule has 19 heavy (non-hydrogen) atoms. The van der Waals surface area contributed by atoms with Crippen LogP contribution in [0.3, 0.4) is 0 Å². The number of benzene rings is 1. The number of anilines is 2. The molecule has 0 saturated carbocycles. The Balaban J connectivity index is 2.34. The van der Waals surface area contributed by atoms with Gasteiger partial charge in [-0.05, 0) is 46.6 Å². The molecule has 2 aromatic rings. The Morgan fingerprint density at radius 1 is 1.21 bits per heavy atom. The minimum atomic E-state index is -3.72. The molecule has 0 aliphatic rings. The van der Waals surface area contributed by atoms with Crippen molar-refractivity contribution in [1.29, 1.82) is 0 Å². The van der Waals surface area contributed by atoms with E-state index in [2.05, 4.69) is 30.6 Å². The SMILES string of the molecule is Cc1cc(N)cc(S(=O)(=O)Nc2cnc(Br)cn2)c1. The van der Waals surface area contributed by atoms with E-state index in [1.807, 2.05) is 0 Å². The van der Waals surface area contributed by atoms with Crippen LogP contribution in [0.25, 0.3) is 0 Å². The standard InChI is InChI=1S/C11H11BrN4O2S/c1-7-2-8(13)4-9(3-7)19(17,18)16-11-6-14-10(12)5-15-11/h2-6H,13H2,1H3,(H,15,16). The summed E-state index contributed by atoms with van der Waals surface area (Å²) in [6.45, 7) is 1.77. The second-order valence-electron chi connectivity index (χ2n) is 3.91. The van der Waals surface area contributed by atoms with Crippen molar-refractivity contribution in [3.8, 4) is 0 Å². The van der Waals surface area contributed by atoms with Gasteiger partial charge in [-0.15, -0.1) is 0 Å². The number of nitrogens with one attached hydrogen (secondary N) is 1. The van der Waals surface area contributed by atoms with E-state index in [0.717, 1.165) is 5.56 Å². The first kappa shape index (κ1) is 13.8. The van der Waals surface area contributed by atoms with Gasteiger partial charge in [-0.25, -0.2) is 18.4 Å². The predicted octanol–water partition coefficient (Wildman–Crippen LogP) is 1.93. The molecule has 8 heteroatoms. The number of aryl methyl sites for hydroxylation is 1. The Hall–Kier alpha value is -1.67. The maximum Gasteiger partial charge on any atom is 0.263 e. The summed E-state index contributed by atoms with van der Waals surface area (Å²) in [5.74, 6) is 0.142. The van der Waals surface area contributed by atoms with Crippen LogP contribution in [0.2, 0.25) is 0 Å². The summed E-state index contributed by atoms with van der Waals surface area (Å²) in [5, 5.41) is 0. The number of rotatable bonds is 3. The van der Waals surface area contributed by atoms with Crippen molar-refractivity contribution in [3.63, 3.8) is 0 Å². The lowest BCUT2D eigenvalue weighted by Gasteiger charge is -2.08. The molecule has 0 spiro atoms. The van der Waals surface area contributed by atoms with Gasteiger partial charge in [-0.1, -0.05) is 0 Å². The Labute approximate surface area is 119 Å². The highest BCUT2D eigenvalue weighted by atomic mass is 79.9. The van der Waals surface area contributed by atoms with Gasteiger partial charge in [0.05, 0.1) is 17.3 Å². The molecular weight excluding hydrogens is 332 g/mol. The topological polar surface area (TPSA) is 98.0 Å². The third-order valence-electron chi connectivity index (χ3n) is 2.24. The summed E-state index contributed by atoms with van der Waals surface area (Å²) in [6.07, 6.45) is 2.73. The first-order valence-corrected chi connectivity index (χ1v) is 7.52. The number of hydrogen-bond acceptors (Lipinski definition) is 5. The van der Waals surface area contributed by atoms with E-state index in [4.69, 9.17) is 5.73 Å². The molecule has 1 aromatic carbocycles. The van der Waals surface area contributed by atoms with Gasteiger partial charge in [-0.2, -0.15) is 0 Å². The molecule has 100 valence electrons. The maximum atomic E-state index is 12.1. The van der Waals surface area contributed by atoms with Crippen LogP contribution in [0, 0.1) is 6.92 Å². The van der Waals surface area contributed by atoms with Crippen LogP contribution in [0.1, 0.15) is 5.56 Å². The summed E-state index contributed by atoms with van der Waals surface area (Å²) >= 11 is 3.12. The van der Waals surface area contributed by atoms with Crippen LogP contribution in [0.5, 0.6) is 0 Å². The highest BCUT2D eigenvalue weighted by Gasteiger charge is 2.15. The smallest absolute Gasteiger partial charge is 0.263 e. The third kappa shape index (κ3) is 3.42. The van der Waals surface area contributed by atoms with Gasteiger partial charge >= 0.3 is 0 Å². The molecule has 1 aromatic heterocycles. The number of hydrogen-bond donors (Lipinski definition) is 2. The van der Waals surface area contributed by atoms with E-state index in [1.54, 1.807) is 13.0 Å². The van der Waals surface area contributed by atoms with Crippen molar-refractivity contribution < 1.29 is 8.42 Å². The number of aromatic nitrogens is 2. The zero-order valence-electron chi connectivity index (χ0n) is 9.96. The van der Waals surface area contributed by atoms with Crippen LogP contribution < -0.4 is 10.5 Å². The summed E-state index contributed by atoms with van der Waals surface area (Å²) in [7, 11) is -3.72. The monoisotopic (exact) mass is 342 g/mol. The van der Waals surface area contributed by atoms with Crippen molar-refractivity contribution in [2.24, 2.45) is 0 Å². The van der Waals surface area contributed by atoms with Gasteiger partial charge in [0, 0.05) is 5.69 Å². The summed E-state index contributed by atoms with van der Waals surface area (Å²) in [6, 6.07) is 4.62. The average molecular weight is 343 g/mol.